The van der Waals surface area contributed by atoms with Crippen LogP contribution in [0.5, 0.6) is 0 Å². The smallest absolute Gasteiger partial charge is 0.0642 e. The first-order valence-corrected chi connectivity index (χ1v) is 7.37. The molecule has 1 saturated heterocycles. The summed E-state index contributed by atoms with van der Waals surface area (Å²) in [4.78, 5) is 4.78. The van der Waals surface area contributed by atoms with Gasteiger partial charge >= 0.3 is 0 Å². The van der Waals surface area contributed by atoms with Crippen molar-refractivity contribution in [2.24, 2.45) is 0 Å². The van der Waals surface area contributed by atoms with E-state index in [9.17, 15) is 0 Å². The van der Waals surface area contributed by atoms with E-state index in [0.717, 1.165) is 43.2 Å². The molecule has 2 aromatic rings. The number of para-hydroxylation sites is 1. The first kappa shape index (κ1) is 13.8. The Balaban J connectivity index is 1.86. The third kappa shape index (κ3) is 3.28. The molecule has 0 amide bonds. The van der Waals surface area contributed by atoms with Crippen molar-refractivity contribution in [2.45, 2.75) is 0 Å². The second-order valence-corrected chi connectivity index (χ2v) is 5.56. The number of nitrogens with two attached hydrogens (primary N) is 1. The number of nitrogens with zero attached hydrogens (tertiary/aromatic N) is 2. The van der Waals surface area contributed by atoms with Crippen LogP contribution in [0.25, 0.3) is 0 Å². The van der Waals surface area contributed by atoms with E-state index in [4.69, 9.17) is 5.73 Å². The van der Waals surface area contributed by atoms with Crippen LogP contribution < -0.4 is 16.0 Å². The molecule has 1 aliphatic heterocycles. The summed E-state index contributed by atoms with van der Waals surface area (Å²) < 4.78 is 0. The molecule has 0 aliphatic carbocycles. The molecule has 0 bridgehead atoms. The van der Waals surface area contributed by atoms with Gasteiger partial charge in [0.05, 0.1) is 11.4 Å². The molecule has 0 saturated carbocycles. The lowest BCUT2D eigenvalue weighted by Gasteiger charge is -2.35. The number of benzene rings is 2. The van der Waals surface area contributed by atoms with Gasteiger partial charge in [0.2, 0.25) is 0 Å². The second kappa shape index (κ2) is 6.06. The van der Waals surface area contributed by atoms with Crippen LogP contribution in [0.1, 0.15) is 0 Å². The lowest BCUT2D eigenvalue weighted by Crippen LogP contribution is -2.44. The quantitative estimate of drug-likeness (QED) is 0.850. The molecule has 0 spiro atoms. The van der Waals surface area contributed by atoms with Gasteiger partial charge in [-0.2, -0.15) is 0 Å². The van der Waals surface area contributed by atoms with Crippen molar-refractivity contribution < 1.29 is 0 Å². The van der Waals surface area contributed by atoms with Gasteiger partial charge in [0.25, 0.3) is 0 Å². The zero-order chi connectivity index (χ0) is 14.7. The molecule has 1 fully saturated rings. The van der Waals surface area contributed by atoms with E-state index in [2.05, 4.69) is 40.4 Å². The fraction of sp³-hybridized carbons (Fsp3) is 0.294. The molecular formula is C17H22N4. The van der Waals surface area contributed by atoms with Crippen molar-refractivity contribution in [3.63, 3.8) is 0 Å². The molecule has 21 heavy (non-hydrogen) atoms. The maximum Gasteiger partial charge on any atom is 0.0642 e. The van der Waals surface area contributed by atoms with Crippen LogP contribution in [0.2, 0.25) is 0 Å². The van der Waals surface area contributed by atoms with Gasteiger partial charge in [-0.05, 0) is 37.4 Å². The van der Waals surface area contributed by atoms with Gasteiger partial charge in [-0.3, -0.25) is 0 Å². The van der Waals surface area contributed by atoms with E-state index >= 15 is 0 Å². The first-order valence-electron chi connectivity index (χ1n) is 7.37. The van der Waals surface area contributed by atoms with Gasteiger partial charge < -0.3 is 20.9 Å². The molecule has 110 valence electrons. The van der Waals surface area contributed by atoms with Crippen molar-refractivity contribution in [1.29, 1.82) is 0 Å². The average molecular weight is 282 g/mol. The van der Waals surface area contributed by atoms with Crippen molar-refractivity contribution in [1.82, 2.24) is 4.90 Å². The number of hydrogen-bond acceptors (Lipinski definition) is 4. The van der Waals surface area contributed by atoms with E-state index < -0.39 is 0 Å². The Bertz CT molecular complexity index is 589. The summed E-state index contributed by atoms with van der Waals surface area (Å²) in [7, 11) is 2.17. The minimum absolute atomic E-state index is 0.784. The Morgan fingerprint density at radius 1 is 0.952 bits per heavy atom. The van der Waals surface area contributed by atoms with Crippen LogP contribution in [0.3, 0.4) is 0 Å². The number of anilines is 4. The topological polar surface area (TPSA) is 44.5 Å². The fourth-order valence-corrected chi connectivity index (χ4v) is 2.65. The van der Waals surface area contributed by atoms with Gasteiger partial charge in [0.1, 0.15) is 0 Å². The van der Waals surface area contributed by atoms with Crippen molar-refractivity contribution >= 4 is 22.7 Å². The van der Waals surface area contributed by atoms with E-state index in [1.165, 1.54) is 5.69 Å². The first-order chi connectivity index (χ1) is 10.2. The van der Waals surface area contributed by atoms with Crippen LogP contribution in [-0.2, 0) is 0 Å². The highest BCUT2D eigenvalue weighted by atomic mass is 15.3. The Hall–Kier alpha value is -2.20. The molecule has 0 unspecified atom stereocenters. The third-order valence-corrected chi connectivity index (χ3v) is 3.92. The van der Waals surface area contributed by atoms with Crippen LogP contribution >= 0.6 is 0 Å². The maximum absolute atomic E-state index is 5.97. The largest absolute Gasteiger partial charge is 0.399 e. The van der Waals surface area contributed by atoms with Gasteiger partial charge in [0, 0.05) is 37.6 Å². The summed E-state index contributed by atoms with van der Waals surface area (Å²) in [6, 6.07) is 16.3. The monoisotopic (exact) mass is 282 g/mol. The lowest BCUT2D eigenvalue weighted by molar-refractivity contribution is 0.313. The molecule has 3 rings (SSSR count). The van der Waals surface area contributed by atoms with Crippen LogP contribution in [0, 0.1) is 0 Å². The zero-order valence-corrected chi connectivity index (χ0v) is 12.4. The summed E-state index contributed by atoms with van der Waals surface area (Å²) in [5.74, 6) is 0. The lowest BCUT2D eigenvalue weighted by atomic mass is 10.2. The molecule has 2 aromatic carbocycles. The number of piperazine rings is 1. The summed E-state index contributed by atoms with van der Waals surface area (Å²) in [5, 5.41) is 3.49. The van der Waals surface area contributed by atoms with Crippen molar-refractivity contribution in [2.75, 3.05) is 49.2 Å². The summed E-state index contributed by atoms with van der Waals surface area (Å²) >= 11 is 0. The van der Waals surface area contributed by atoms with E-state index in [1.807, 2.05) is 30.3 Å². The summed E-state index contributed by atoms with van der Waals surface area (Å²) in [6.07, 6.45) is 0. The highest BCUT2D eigenvalue weighted by molar-refractivity contribution is 5.78. The van der Waals surface area contributed by atoms with E-state index in [1.54, 1.807) is 0 Å². The number of hydrogen-bond donors (Lipinski definition) is 2. The number of nitrogen functional groups attached to an aromatic ring is 1. The molecular weight excluding hydrogens is 260 g/mol. The normalized spacial score (nSPS) is 16.0. The molecule has 3 N–H and O–H groups in total. The van der Waals surface area contributed by atoms with Gasteiger partial charge in [-0.1, -0.05) is 18.2 Å². The Labute approximate surface area is 126 Å². The zero-order valence-electron chi connectivity index (χ0n) is 12.4. The standard InChI is InChI=1S/C17H22N4/c1-20-9-11-21(12-10-20)17-8-7-14(18)13-16(17)19-15-5-3-2-4-6-15/h2-8,13,19H,9-12,18H2,1H3. The molecule has 1 heterocycles. The Kier molecular flexibility index (Phi) is 3.97. The van der Waals surface area contributed by atoms with Crippen LogP contribution in [0.15, 0.2) is 48.5 Å². The fourth-order valence-electron chi connectivity index (χ4n) is 2.65. The molecule has 4 nitrogen and oxygen atoms in total. The average Bonchev–Trinajstić information content (AvgIpc) is 2.50. The molecule has 4 heteroatoms. The molecule has 0 radical (unpaired) electrons. The van der Waals surface area contributed by atoms with Crippen LogP contribution in [0.4, 0.5) is 22.7 Å². The van der Waals surface area contributed by atoms with Crippen molar-refractivity contribution in [3.8, 4) is 0 Å². The number of rotatable bonds is 3. The minimum Gasteiger partial charge on any atom is -0.399 e. The second-order valence-electron chi connectivity index (χ2n) is 5.56. The summed E-state index contributed by atoms with van der Waals surface area (Å²) in [5.41, 5.74) is 10.1. The third-order valence-electron chi connectivity index (χ3n) is 3.92. The number of nitrogens with one attached hydrogen (secondary N) is 1. The van der Waals surface area contributed by atoms with E-state index in [-0.39, 0.29) is 0 Å². The molecule has 0 aromatic heterocycles. The van der Waals surface area contributed by atoms with E-state index in [0.29, 0.717) is 0 Å². The van der Waals surface area contributed by atoms with Crippen LogP contribution in [-0.4, -0.2) is 38.1 Å². The van der Waals surface area contributed by atoms with Gasteiger partial charge in [-0.25, -0.2) is 0 Å². The van der Waals surface area contributed by atoms with Crippen molar-refractivity contribution in [3.05, 3.63) is 48.5 Å². The van der Waals surface area contributed by atoms with Gasteiger partial charge in [-0.15, -0.1) is 0 Å². The Morgan fingerprint density at radius 2 is 1.67 bits per heavy atom. The Morgan fingerprint density at radius 3 is 2.38 bits per heavy atom. The molecule has 1 aliphatic rings. The predicted octanol–water partition coefficient (Wildman–Crippen LogP) is 2.76. The highest BCUT2D eigenvalue weighted by Crippen LogP contribution is 2.31. The maximum atomic E-state index is 5.97. The SMILES string of the molecule is CN1CCN(c2ccc(N)cc2Nc2ccccc2)CC1. The molecule has 0 atom stereocenters. The summed E-state index contributed by atoms with van der Waals surface area (Å²) in [6.45, 7) is 4.28. The minimum atomic E-state index is 0.784. The van der Waals surface area contributed by atoms with Gasteiger partial charge in [0.15, 0.2) is 0 Å². The highest BCUT2D eigenvalue weighted by Gasteiger charge is 2.17. The number of likely N-dealkylation sites (N-methyl/N-ethyl adjacent to an activating group) is 1. The predicted molar refractivity (Wildman–Crippen MR) is 90.3 cm³/mol.